The van der Waals surface area contributed by atoms with Gasteiger partial charge in [-0.25, -0.2) is 9.80 Å². The van der Waals surface area contributed by atoms with Crippen molar-refractivity contribution < 1.29 is 58.1 Å². The number of rotatable bonds is 24. The fourth-order valence-corrected chi connectivity index (χ4v) is 7.67. The largest absolute Gasteiger partial charge is 0.481 e. The smallest absolute Gasteiger partial charge is 0.336 e. The zero-order valence-electron chi connectivity index (χ0n) is 38.2. The van der Waals surface area contributed by atoms with E-state index in [0.29, 0.717) is 12.8 Å². The highest BCUT2D eigenvalue weighted by atomic mass is 32.1. The molecule has 66 heavy (non-hydrogen) atoms. The number of aliphatic carboxylic acids is 2. The Balaban J connectivity index is 1.92. The molecule has 2 aromatic carbocycles. The fraction of sp³-hybridized carbons (Fsp3) is 0.533. The van der Waals surface area contributed by atoms with Crippen molar-refractivity contribution in [1.29, 1.82) is 0 Å². The van der Waals surface area contributed by atoms with Gasteiger partial charge in [0.05, 0.1) is 19.1 Å². The lowest BCUT2D eigenvalue weighted by atomic mass is 9.95. The Morgan fingerprint density at radius 3 is 2.00 bits per heavy atom. The van der Waals surface area contributed by atoms with Crippen LogP contribution in [0.15, 0.2) is 60.7 Å². The Labute approximate surface area is 390 Å². The van der Waals surface area contributed by atoms with E-state index >= 15 is 0 Å². The molecule has 0 bridgehead atoms. The van der Waals surface area contributed by atoms with Crippen LogP contribution in [0.4, 0.5) is 4.79 Å². The number of hydrazine groups is 1. The Kier molecular flexibility index (Phi) is 21.9. The normalized spacial score (nSPS) is 16.7. The molecule has 1 aliphatic heterocycles. The third-order valence-corrected chi connectivity index (χ3v) is 11.4. The highest BCUT2D eigenvalue weighted by Crippen LogP contribution is 2.26. The van der Waals surface area contributed by atoms with E-state index in [4.69, 9.17) is 4.74 Å². The van der Waals surface area contributed by atoms with Crippen molar-refractivity contribution in [2.24, 2.45) is 11.8 Å². The van der Waals surface area contributed by atoms with Gasteiger partial charge in [0.25, 0.3) is 11.8 Å². The number of hydrogen-bond acceptors (Lipinski definition) is 11. The molecule has 0 unspecified atom stereocenters. The number of carboxylic acids is 2. The van der Waals surface area contributed by atoms with Gasteiger partial charge in [-0.2, -0.15) is 0 Å². The summed E-state index contributed by atoms with van der Waals surface area (Å²) in [6, 6.07) is 10.9. The number of carboxylic acid groups (broad SMARTS) is 2. The topological polar surface area (TPSA) is 273 Å². The molecule has 0 radical (unpaired) electrons. The summed E-state index contributed by atoms with van der Waals surface area (Å²) >= 11 is 4.40. The number of benzene rings is 2. The molecule has 0 saturated carbocycles. The van der Waals surface area contributed by atoms with Gasteiger partial charge in [-0.3, -0.25) is 48.1 Å². The molecule has 1 aliphatic rings. The maximum atomic E-state index is 14.7. The van der Waals surface area contributed by atoms with Crippen LogP contribution in [0.1, 0.15) is 91.2 Å². The van der Waals surface area contributed by atoms with Gasteiger partial charge in [0.1, 0.15) is 30.2 Å². The van der Waals surface area contributed by atoms with Gasteiger partial charge in [-0.15, -0.1) is 0 Å². The molecule has 20 nitrogen and oxygen atoms in total. The number of urea groups is 1. The number of nitrogens with zero attached hydrogens (tertiary/aromatic N) is 3. The van der Waals surface area contributed by atoms with E-state index in [1.807, 2.05) is 67.6 Å². The first kappa shape index (κ1) is 54.1. The van der Waals surface area contributed by atoms with E-state index in [1.165, 1.54) is 4.90 Å². The molecule has 21 heteroatoms. The number of thiol groups is 1. The van der Waals surface area contributed by atoms with Crippen LogP contribution in [-0.4, -0.2) is 127 Å². The summed E-state index contributed by atoms with van der Waals surface area (Å²) in [4.78, 5) is 120. The highest BCUT2D eigenvalue weighted by Gasteiger charge is 2.45. The predicted molar refractivity (Wildman–Crippen MR) is 243 cm³/mol. The Morgan fingerprint density at radius 1 is 0.833 bits per heavy atom. The van der Waals surface area contributed by atoms with Crippen molar-refractivity contribution in [3.63, 3.8) is 0 Å². The minimum atomic E-state index is -1.64. The van der Waals surface area contributed by atoms with Crippen LogP contribution in [0.2, 0.25) is 0 Å². The molecule has 1 fully saturated rings. The number of amides is 8. The van der Waals surface area contributed by atoms with E-state index in [-0.39, 0.29) is 32.7 Å². The number of hydrogen-bond donors (Lipinski definition) is 8. The maximum absolute atomic E-state index is 14.7. The summed E-state index contributed by atoms with van der Waals surface area (Å²) in [5.41, 5.74) is 4.40. The Bertz CT molecular complexity index is 1980. The first-order chi connectivity index (χ1) is 31.3. The molecule has 8 amide bonds. The van der Waals surface area contributed by atoms with Crippen molar-refractivity contribution in [2.45, 2.75) is 130 Å². The molecule has 7 atom stereocenters. The van der Waals surface area contributed by atoms with Crippen LogP contribution in [-0.2, 0) is 56.2 Å². The number of carbonyl (C=O) groups is 9. The average Bonchev–Trinajstić information content (AvgIpc) is 3.72. The second-order valence-corrected chi connectivity index (χ2v) is 17.0. The van der Waals surface area contributed by atoms with E-state index < -0.39 is 121 Å². The fourth-order valence-electron chi connectivity index (χ4n) is 7.20. The quantitative estimate of drug-likeness (QED) is 0.0557. The lowest BCUT2D eigenvalue weighted by molar-refractivity contribution is -0.145. The van der Waals surface area contributed by atoms with Gasteiger partial charge in [0, 0.05) is 39.4 Å². The summed E-state index contributed by atoms with van der Waals surface area (Å²) < 4.78 is 6.96. The monoisotopic (exact) mass is 940 g/mol. The van der Waals surface area contributed by atoms with Gasteiger partial charge in [0.2, 0.25) is 23.6 Å². The lowest BCUT2D eigenvalue weighted by Crippen LogP contribution is -2.61. The van der Waals surface area contributed by atoms with Crippen molar-refractivity contribution >= 4 is 66.2 Å². The minimum absolute atomic E-state index is 0.0465. The van der Waals surface area contributed by atoms with E-state index in [1.54, 1.807) is 27.7 Å². The van der Waals surface area contributed by atoms with Crippen LogP contribution in [0.25, 0.3) is 0 Å². The Hall–Kier alpha value is -6.22. The molecule has 1 saturated heterocycles. The summed E-state index contributed by atoms with van der Waals surface area (Å²) in [7, 11) is 0. The summed E-state index contributed by atoms with van der Waals surface area (Å²) in [5.74, 6) is -8.95. The summed E-state index contributed by atoms with van der Waals surface area (Å²) in [6.45, 7) is 10.1. The molecule has 0 aromatic heterocycles. The third-order valence-electron chi connectivity index (χ3n) is 10.9. The lowest BCUT2D eigenvalue weighted by Gasteiger charge is -2.36. The molecule has 0 spiro atoms. The number of likely N-dealkylation sites (tertiary alicyclic amines) is 1. The standard InChI is InChI=1S/C45H64N8O12S/c1-7-21-52(45(64)46-24-30-15-11-9-12-16-30)50-41(60)35-22-32(65-26-31-17-13-10-14-18-31)25-51(35)44(63)38(27(3)4)49-42(61)39(28(5)8-2)53(66)43(62)33(19-20-36(55)56)48-40(59)34(23-37(57)58)47-29(6)54/h9-18,27-28,32-35,38-39,66H,7-8,19-26H2,1-6H3,(H,46,64)(H,47,54)(H,48,59)(H,49,61)(H,50,60)(H,55,56)(H,57,58)/t28-,32+,33+,34-,35-,38-,39-/m0/s1. The molecular formula is C45H64N8O12S. The SMILES string of the molecule is CCCN(NC(=O)[C@@H]1C[C@@H](OCc2ccccc2)CN1C(=O)[C@@H](NC(=O)[C@H]([C@@H](C)CC)N(S)C(=O)[C@@H](CCC(=O)O)NC(=O)[C@H](CC(=O)O)NC(C)=O)C(C)C)C(=O)NCc1ccccc1. The predicted octanol–water partition coefficient (Wildman–Crippen LogP) is 2.38. The van der Waals surface area contributed by atoms with Gasteiger partial charge in [-0.1, -0.05) is 115 Å². The summed E-state index contributed by atoms with van der Waals surface area (Å²) in [5, 5.41) is 30.0. The van der Waals surface area contributed by atoms with Gasteiger partial charge >= 0.3 is 18.0 Å². The molecule has 1 heterocycles. The van der Waals surface area contributed by atoms with Crippen molar-refractivity contribution in [3.8, 4) is 0 Å². The van der Waals surface area contributed by atoms with Gasteiger partial charge in [-0.05, 0) is 35.8 Å². The van der Waals surface area contributed by atoms with Crippen molar-refractivity contribution in [2.75, 3.05) is 13.1 Å². The van der Waals surface area contributed by atoms with Gasteiger partial charge in [0.15, 0.2) is 0 Å². The van der Waals surface area contributed by atoms with Gasteiger partial charge < -0.3 is 41.1 Å². The zero-order valence-corrected chi connectivity index (χ0v) is 39.1. The molecule has 7 N–H and O–H groups in total. The molecule has 362 valence electrons. The first-order valence-electron chi connectivity index (χ1n) is 22.0. The first-order valence-corrected chi connectivity index (χ1v) is 22.4. The van der Waals surface area contributed by atoms with Crippen LogP contribution in [0.5, 0.6) is 0 Å². The molecule has 3 rings (SSSR count). The number of nitrogens with one attached hydrogen (secondary N) is 5. The van der Waals surface area contributed by atoms with Crippen molar-refractivity contribution in [3.05, 3.63) is 71.8 Å². The molecule has 2 aromatic rings. The maximum Gasteiger partial charge on any atom is 0.336 e. The number of ether oxygens (including phenoxy) is 1. The minimum Gasteiger partial charge on any atom is -0.481 e. The van der Waals surface area contributed by atoms with E-state index in [9.17, 15) is 53.4 Å². The van der Waals surface area contributed by atoms with Crippen LogP contribution < -0.4 is 26.7 Å². The molecular weight excluding hydrogens is 877 g/mol. The van der Waals surface area contributed by atoms with E-state index in [0.717, 1.165) is 27.4 Å². The second-order valence-electron chi connectivity index (χ2n) is 16.5. The zero-order chi connectivity index (χ0) is 49.1. The van der Waals surface area contributed by atoms with Crippen molar-refractivity contribution in [1.82, 2.24) is 40.9 Å². The average molecular weight is 941 g/mol. The number of carbonyl (C=O) groups excluding carboxylic acids is 7. The van der Waals surface area contributed by atoms with Crippen LogP contribution in [0.3, 0.4) is 0 Å². The summed E-state index contributed by atoms with van der Waals surface area (Å²) in [6.07, 6.45) is -1.73. The molecule has 0 aliphatic carbocycles. The van der Waals surface area contributed by atoms with Crippen LogP contribution in [0, 0.1) is 11.8 Å². The van der Waals surface area contributed by atoms with Crippen LogP contribution >= 0.6 is 12.8 Å². The highest BCUT2D eigenvalue weighted by molar-refractivity contribution is 7.78. The van der Waals surface area contributed by atoms with E-state index in [2.05, 4.69) is 39.5 Å². The third kappa shape index (κ3) is 16.6. The Morgan fingerprint density at radius 2 is 1.45 bits per heavy atom. The second kappa shape index (κ2) is 26.7.